The number of alkyl halides is 1. The van der Waals surface area contributed by atoms with E-state index in [9.17, 15) is 14.0 Å². The highest BCUT2D eigenvalue weighted by molar-refractivity contribution is 5.82. The molecule has 5 fully saturated rings. The zero-order valence-corrected chi connectivity index (χ0v) is 19.1. The minimum absolute atomic E-state index is 0.00766. The van der Waals surface area contributed by atoms with Crippen LogP contribution in [0, 0.1) is 11.8 Å². The molecule has 2 aliphatic carbocycles. The summed E-state index contributed by atoms with van der Waals surface area (Å²) in [6.45, 7) is 5.82. The highest BCUT2D eigenvalue weighted by atomic mass is 19.1. The molecular formula is C24H39FN4O2. The molecule has 5 rings (SSSR count). The van der Waals surface area contributed by atoms with Gasteiger partial charge in [0.2, 0.25) is 11.8 Å². The number of fused-ring (bicyclic) bond motifs is 2. The molecule has 0 aromatic rings. The summed E-state index contributed by atoms with van der Waals surface area (Å²) in [5, 5.41) is 6.80. The third-order valence-corrected chi connectivity index (χ3v) is 9.14. The zero-order chi connectivity index (χ0) is 21.7. The average Bonchev–Trinajstić information content (AvgIpc) is 3.45. The number of nitrogens with zero attached hydrogens (tertiary/aromatic N) is 2. The third kappa shape index (κ3) is 4.01. The largest absolute Gasteiger partial charge is 0.352 e. The first-order valence-corrected chi connectivity index (χ1v) is 12.7. The Morgan fingerprint density at radius 3 is 2.58 bits per heavy atom. The summed E-state index contributed by atoms with van der Waals surface area (Å²) in [6.07, 6.45) is 7.92. The molecule has 0 radical (unpaired) electrons. The molecule has 2 saturated carbocycles. The first-order valence-electron chi connectivity index (χ1n) is 12.7. The Hall–Kier alpha value is -1.21. The maximum atomic E-state index is 14.4. The van der Waals surface area contributed by atoms with Crippen molar-refractivity contribution in [3.05, 3.63) is 0 Å². The summed E-state index contributed by atoms with van der Waals surface area (Å²) in [5.74, 6) is 0.713. The molecule has 31 heavy (non-hydrogen) atoms. The van der Waals surface area contributed by atoms with Crippen LogP contribution in [0.4, 0.5) is 4.39 Å². The third-order valence-electron chi connectivity index (χ3n) is 9.14. The van der Waals surface area contributed by atoms with Crippen LogP contribution in [0.3, 0.4) is 0 Å². The van der Waals surface area contributed by atoms with Gasteiger partial charge in [-0.2, -0.15) is 0 Å². The smallest absolute Gasteiger partial charge is 0.237 e. The molecule has 5 aliphatic rings. The molecular weight excluding hydrogens is 395 g/mol. The van der Waals surface area contributed by atoms with Crippen molar-refractivity contribution in [2.24, 2.45) is 11.8 Å². The molecule has 7 heteroatoms. The molecule has 9 atom stereocenters. The van der Waals surface area contributed by atoms with E-state index in [1.807, 2.05) is 0 Å². The van der Waals surface area contributed by atoms with E-state index in [4.69, 9.17) is 0 Å². The number of carbonyl (C=O) groups excluding carboxylic acids is 2. The van der Waals surface area contributed by atoms with E-state index in [-0.39, 0.29) is 35.9 Å². The molecule has 6 nitrogen and oxygen atoms in total. The van der Waals surface area contributed by atoms with Crippen LogP contribution < -0.4 is 10.6 Å². The van der Waals surface area contributed by atoms with Gasteiger partial charge in [-0.25, -0.2) is 4.39 Å². The number of rotatable bonds is 3. The maximum absolute atomic E-state index is 14.4. The van der Waals surface area contributed by atoms with E-state index in [1.165, 1.54) is 6.42 Å². The summed E-state index contributed by atoms with van der Waals surface area (Å²) in [5.41, 5.74) is 0. The molecule has 174 valence electrons. The molecule has 0 spiro atoms. The second-order valence-electron chi connectivity index (χ2n) is 10.9. The van der Waals surface area contributed by atoms with Gasteiger partial charge in [-0.1, -0.05) is 6.92 Å². The molecule has 0 bridgehead atoms. The van der Waals surface area contributed by atoms with Crippen molar-refractivity contribution in [1.29, 1.82) is 0 Å². The molecule has 3 saturated heterocycles. The molecule has 0 aromatic heterocycles. The Morgan fingerprint density at radius 2 is 1.81 bits per heavy atom. The summed E-state index contributed by atoms with van der Waals surface area (Å²) < 4.78 is 14.4. The summed E-state index contributed by atoms with van der Waals surface area (Å²) in [6, 6.07) is 1.48. The Labute approximate surface area is 185 Å². The predicted molar refractivity (Wildman–Crippen MR) is 117 cm³/mol. The average molecular weight is 435 g/mol. The molecule has 5 unspecified atom stereocenters. The van der Waals surface area contributed by atoms with Crippen LogP contribution in [0.15, 0.2) is 0 Å². The number of hydrogen-bond acceptors (Lipinski definition) is 4. The molecule has 3 heterocycles. The number of nitrogens with one attached hydrogen (secondary N) is 2. The predicted octanol–water partition coefficient (Wildman–Crippen LogP) is 2.22. The van der Waals surface area contributed by atoms with E-state index in [1.54, 1.807) is 6.92 Å². The minimum atomic E-state index is -0.769. The van der Waals surface area contributed by atoms with E-state index in [0.29, 0.717) is 36.9 Å². The van der Waals surface area contributed by atoms with Crippen LogP contribution in [-0.2, 0) is 9.59 Å². The van der Waals surface area contributed by atoms with Gasteiger partial charge in [0.25, 0.3) is 0 Å². The fourth-order valence-electron chi connectivity index (χ4n) is 7.56. The lowest BCUT2D eigenvalue weighted by atomic mass is 9.77. The van der Waals surface area contributed by atoms with Crippen molar-refractivity contribution in [3.8, 4) is 0 Å². The second kappa shape index (κ2) is 8.62. The van der Waals surface area contributed by atoms with Gasteiger partial charge in [0.15, 0.2) is 0 Å². The summed E-state index contributed by atoms with van der Waals surface area (Å²) in [7, 11) is 0. The van der Waals surface area contributed by atoms with Crippen LogP contribution in [0.25, 0.3) is 0 Å². The van der Waals surface area contributed by atoms with Gasteiger partial charge in [0, 0.05) is 56.1 Å². The van der Waals surface area contributed by atoms with Crippen LogP contribution in [0.5, 0.6) is 0 Å². The van der Waals surface area contributed by atoms with Gasteiger partial charge in [-0.3, -0.25) is 14.5 Å². The van der Waals surface area contributed by atoms with E-state index < -0.39 is 6.17 Å². The van der Waals surface area contributed by atoms with Gasteiger partial charge < -0.3 is 15.5 Å². The summed E-state index contributed by atoms with van der Waals surface area (Å²) in [4.78, 5) is 29.7. The maximum Gasteiger partial charge on any atom is 0.237 e. The Kier molecular flexibility index (Phi) is 6.01. The van der Waals surface area contributed by atoms with Crippen LogP contribution in [-0.4, -0.2) is 77.1 Å². The van der Waals surface area contributed by atoms with Crippen molar-refractivity contribution < 1.29 is 14.0 Å². The Bertz CT molecular complexity index is 687. The number of carbonyl (C=O) groups is 2. The van der Waals surface area contributed by atoms with Gasteiger partial charge in [-0.15, -0.1) is 0 Å². The topological polar surface area (TPSA) is 64.7 Å². The van der Waals surface area contributed by atoms with Gasteiger partial charge in [-0.05, 0) is 63.7 Å². The van der Waals surface area contributed by atoms with Gasteiger partial charge in [0.1, 0.15) is 6.17 Å². The SMILES string of the molecule is CC(=O)N1CC[C@H]2[C@@H]1CCN2[C@@H]1CCC[C@@H](NC(=O)C2CC3C(F)CCC(C)C3N2)C1. The van der Waals surface area contributed by atoms with Crippen LogP contribution >= 0.6 is 0 Å². The monoisotopic (exact) mass is 434 g/mol. The summed E-state index contributed by atoms with van der Waals surface area (Å²) >= 11 is 0. The lowest BCUT2D eigenvalue weighted by Crippen LogP contribution is -2.52. The van der Waals surface area contributed by atoms with Crippen molar-refractivity contribution in [2.45, 2.75) is 114 Å². The fraction of sp³-hybridized carbons (Fsp3) is 0.917. The molecule has 2 N–H and O–H groups in total. The lowest BCUT2D eigenvalue weighted by Gasteiger charge is -2.38. The first-order chi connectivity index (χ1) is 14.9. The Morgan fingerprint density at radius 1 is 1.00 bits per heavy atom. The van der Waals surface area contributed by atoms with Crippen LogP contribution in [0.1, 0.15) is 71.6 Å². The van der Waals surface area contributed by atoms with E-state index >= 15 is 0 Å². The number of halogens is 1. The van der Waals surface area contributed by atoms with Gasteiger partial charge >= 0.3 is 0 Å². The molecule has 0 aromatic carbocycles. The van der Waals surface area contributed by atoms with Gasteiger partial charge in [0.05, 0.1) is 6.04 Å². The fourth-order valence-corrected chi connectivity index (χ4v) is 7.56. The second-order valence-corrected chi connectivity index (χ2v) is 10.9. The first kappa shape index (κ1) is 21.6. The molecule has 2 amide bonds. The number of likely N-dealkylation sites (tertiary alicyclic amines) is 2. The van der Waals surface area contributed by atoms with Crippen molar-refractivity contribution in [3.63, 3.8) is 0 Å². The highest BCUT2D eigenvalue weighted by Gasteiger charge is 2.48. The number of hydrogen-bond donors (Lipinski definition) is 2. The normalized spacial score (nSPS) is 45.4. The number of amides is 2. The van der Waals surface area contributed by atoms with Crippen molar-refractivity contribution >= 4 is 11.8 Å². The standard InChI is InChI=1S/C24H39FN4O2/c1-14-6-7-19(25)18-13-20(27-23(14)18)24(31)26-16-4-3-5-17(12-16)29-11-9-21-22(29)8-10-28(21)15(2)30/h14,16-23,27H,3-13H2,1-2H3,(H,26,31)/t14?,16-,17-,18?,19?,20?,21+,22+,23?/m1/s1. The minimum Gasteiger partial charge on any atom is -0.352 e. The van der Waals surface area contributed by atoms with E-state index in [0.717, 1.165) is 51.6 Å². The zero-order valence-electron chi connectivity index (χ0n) is 19.1. The van der Waals surface area contributed by atoms with Crippen molar-refractivity contribution in [2.75, 3.05) is 13.1 Å². The van der Waals surface area contributed by atoms with Crippen molar-refractivity contribution in [1.82, 2.24) is 20.4 Å². The van der Waals surface area contributed by atoms with Crippen LogP contribution in [0.2, 0.25) is 0 Å². The van der Waals surface area contributed by atoms with E-state index in [2.05, 4.69) is 27.4 Å². The lowest BCUT2D eigenvalue weighted by molar-refractivity contribution is -0.129. The Balaban J connectivity index is 1.16. The quantitative estimate of drug-likeness (QED) is 0.715. The highest BCUT2D eigenvalue weighted by Crippen LogP contribution is 2.39. The molecule has 3 aliphatic heterocycles.